The van der Waals surface area contributed by atoms with Gasteiger partial charge in [-0.1, -0.05) is 51.1 Å². The van der Waals surface area contributed by atoms with E-state index in [2.05, 4.69) is 30.7 Å². The first-order valence-corrected chi connectivity index (χ1v) is 7.20. The smallest absolute Gasteiger partial charge is 0.251 e. The van der Waals surface area contributed by atoms with E-state index in [0.29, 0.717) is 18.1 Å². The van der Waals surface area contributed by atoms with Gasteiger partial charge in [-0.15, -0.1) is 0 Å². The maximum absolute atomic E-state index is 12.0. The number of benzene rings is 1. The van der Waals surface area contributed by atoms with Gasteiger partial charge >= 0.3 is 0 Å². The second kappa shape index (κ2) is 6.22. The molecule has 112 valence electrons. The van der Waals surface area contributed by atoms with Crippen molar-refractivity contribution < 1.29 is 4.74 Å². The van der Waals surface area contributed by atoms with Gasteiger partial charge in [0.1, 0.15) is 11.9 Å². The van der Waals surface area contributed by atoms with Gasteiger partial charge in [0, 0.05) is 18.2 Å². The highest BCUT2D eigenvalue weighted by Crippen LogP contribution is 2.34. The Morgan fingerprint density at radius 1 is 1.24 bits per heavy atom. The molecule has 21 heavy (non-hydrogen) atoms. The van der Waals surface area contributed by atoms with E-state index in [1.807, 2.05) is 37.3 Å². The van der Waals surface area contributed by atoms with E-state index in [4.69, 9.17) is 4.74 Å². The van der Waals surface area contributed by atoms with Gasteiger partial charge in [0.15, 0.2) is 0 Å². The van der Waals surface area contributed by atoms with Crippen molar-refractivity contribution in [3.63, 3.8) is 0 Å². The summed E-state index contributed by atoms with van der Waals surface area (Å²) in [5.41, 5.74) is 1.28. The normalized spacial score (nSPS) is 13.1. The molecule has 0 spiro atoms. The number of hydrogen-bond acceptors (Lipinski definition) is 3. The molecule has 2 aromatic rings. The summed E-state index contributed by atoms with van der Waals surface area (Å²) in [6, 6.07) is 11.2. The van der Waals surface area contributed by atoms with Gasteiger partial charge in [0.2, 0.25) is 0 Å². The molecule has 0 fully saturated rings. The standard InChI is InChI=1S/C17H22N2O2/c1-5-21-15(17(2,3)4)16-18-13(11-14(20)19-16)12-9-7-6-8-10-12/h6-11,15H,5H2,1-4H3,(H,18,19,20). The molecule has 0 radical (unpaired) electrons. The minimum atomic E-state index is -0.251. The fourth-order valence-electron chi connectivity index (χ4n) is 2.26. The predicted molar refractivity (Wildman–Crippen MR) is 84.1 cm³/mol. The van der Waals surface area contributed by atoms with Crippen molar-refractivity contribution in [2.75, 3.05) is 6.61 Å². The molecule has 2 rings (SSSR count). The van der Waals surface area contributed by atoms with Crippen LogP contribution in [-0.2, 0) is 4.74 Å². The second-order valence-electron chi connectivity index (χ2n) is 6.08. The Morgan fingerprint density at radius 3 is 2.48 bits per heavy atom. The van der Waals surface area contributed by atoms with Gasteiger partial charge in [0.25, 0.3) is 5.56 Å². The number of nitrogens with one attached hydrogen (secondary N) is 1. The van der Waals surface area contributed by atoms with Crippen molar-refractivity contribution >= 4 is 0 Å². The van der Waals surface area contributed by atoms with Crippen LogP contribution in [0.2, 0.25) is 0 Å². The van der Waals surface area contributed by atoms with Gasteiger partial charge in [-0.25, -0.2) is 4.98 Å². The largest absolute Gasteiger partial charge is 0.370 e. The zero-order valence-electron chi connectivity index (χ0n) is 13.0. The van der Waals surface area contributed by atoms with Crippen LogP contribution in [0.5, 0.6) is 0 Å². The first-order valence-electron chi connectivity index (χ1n) is 7.20. The third kappa shape index (κ3) is 3.79. The zero-order valence-corrected chi connectivity index (χ0v) is 13.0. The highest BCUT2D eigenvalue weighted by atomic mass is 16.5. The highest BCUT2D eigenvalue weighted by Gasteiger charge is 2.29. The number of rotatable bonds is 4. The van der Waals surface area contributed by atoms with Crippen LogP contribution < -0.4 is 5.56 Å². The van der Waals surface area contributed by atoms with Crippen LogP contribution in [-0.4, -0.2) is 16.6 Å². The minimum absolute atomic E-state index is 0.152. The average Bonchev–Trinajstić information content (AvgIpc) is 2.44. The summed E-state index contributed by atoms with van der Waals surface area (Å²) < 4.78 is 5.81. The van der Waals surface area contributed by atoms with Crippen LogP contribution in [0.25, 0.3) is 11.3 Å². The molecule has 1 aromatic carbocycles. The first-order chi connectivity index (χ1) is 9.91. The lowest BCUT2D eigenvalue weighted by Gasteiger charge is -2.29. The first kappa shape index (κ1) is 15.4. The monoisotopic (exact) mass is 286 g/mol. The van der Waals surface area contributed by atoms with Crippen LogP contribution in [0.15, 0.2) is 41.2 Å². The summed E-state index contributed by atoms with van der Waals surface area (Å²) in [5.74, 6) is 0.579. The molecular formula is C17H22N2O2. The van der Waals surface area contributed by atoms with E-state index in [1.165, 1.54) is 6.07 Å². The van der Waals surface area contributed by atoms with Gasteiger partial charge in [-0.3, -0.25) is 4.79 Å². The van der Waals surface area contributed by atoms with E-state index in [0.717, 1.165) is 5.56 Å². The van der Waals surface area contributed by atoms with E-state index < -0.39 is 0 Å². The van der Waals surface area contributed by atoms with Crippen LogP contribution in [0, 0.1) is 5.41 Å². The van der Waals surface area contributed by atoms with E-state index >= 15 is 0 Å². The molecule has 1 unspecified atom stereocenters. The summed E-state index contributed by atoms with van der Waals surface area (Å²) in [6.45, 7) is 8.73. The minimum Gasteiger partial charge on any atom is -0.370 e. The fourth-order valence-corrected chi connectivity index (χ4v) is 2.26. The van der Waals surface area contributed by atoms with Crippen molar-refractivity contribution in [3.05, 3.63) is 52.6 Å². The number of aromatic amines is 1. The molecule has 4 heteroatoms. The topological polar surface area (TPSA) is 55.0 Å². The van der Waals surface area contributed by atoms with Crippen molar-refractivity contribution in [1.29, 1.82) is 0 Å². The molecule has 0 aliphatic rings. The number of hydrogen-bond donors (Lipinski definition) is 1. The maximum Gasteiger partial charge on any atom is 0.251 e. The number of nitrogens with zero attached hydrogens (tertiary/aromatic N) is 1. The quantitative estimate of drug-likeness (QED) is 0.935. The van der Waals surface area contributed by atoms with E-state index in [-0.39, 0.29) is 17.1 Å². The maximum atomic E-state index is 12.0. The van der Waals surface area contributed by atoms with Crippen molar-refractivity contribution in [2.45, 2.75) is 33.8 Å². The summed E-state index contributed by atoms with van der Waals surface area (Å²) in [7, 11) is 0. The third-order valence-corrected chi connectivity index (χ3v) is 3.20. The zero-order chi connectivity index (χ0) is 15.5. The Labute approximate surface area is 125 Å². The van der Waals surface area contributed by atoms with Gasteiger partial charge in [0.05, 0.1) is 5.69 Å². The lowest BCUT2D eigenvalue weighted by molar-refractivity contribution is -0.0191. The summed E-state index contributed by atoms with van der Waals surface area (Å²) >= 11 is 0. The molecule has 0 saturated carbocycles. The van der Waals surface area contributed by atoms with Crippen molar-refractivity contribution in [3.8, 4) is 11.3 Å². The molecule has 1 aromatic heterocycles. The molecule has 1 heterocycles. The SMILES string of the molecule is CCOC(c1nc(-c2ccccc2)cc(=O)[nH]1)C(C)(C)C. The second-order valence-corrected chi connectivity index (χ2v) is 6.08. The number of ether oxygens (including phenoxy) is 1. The molecule has 0 amide bonds. The van der Waals surface area contributed by atoms with Gasteiger partial charge in [-0.05, 0) is 12.3 Å². The number of aromatic nitrogens is 2. The van der Waals surface area contributed by atoms with E-state index in [9.17, 15) is 4.79 Å². The van der Waals surface area contributed by atoms with E-state index in [1.54, 1.807) is 0 Å². The molecule has 1 atom stereocenters. The summed E-state index contributed by atoms with van der Waals surface area (Å²) in [6.07, 6.45) is -0.251. The Kier molecular flexibility index (Phi) is 4.58. The van der Waals surface area contributed by atoms with Crippen LogP contribution in [0.4, 0.5) is 0 Å². The molecule has 0 aliphatic carbocycles. The van der Waals surface area contributed by atoms with Crippen molar-refractivity contribution in [2.24, 2.45) is 5.41 Å². The molecule has 1 N–H and O–H groups in total. The Balaban J connectivity index is 2.50. The Morgan fingerprint density at radius 2 is 1.90 bits per heavy atom. The molecule has 0 bridgehead atoms. The molecule has 4 nitrogen and oxygen atoms in total. The third-order valence-electron chi connectivity index (χ3n) is 3.20. The van der Waals surface area contributed by atoms with Crippen LogP contribution >= 0.6 is 0 Å². The van der Waals surface area contributed by atoms with Crippen molar-refractivity contribution in [1.82, 2.24) is 9.97 Å². The Bertz CT molecular complexity index is 642. The lowest BCUT2D eigenvalue weighted by Crippen LogP contribution is -2.26. The average molecular weight is 286 g/mol. The van der Waals surface area contributed by atoms with Gasteiger partial charge in [-0.2, -0.15) is 0 Å². The fraction of sp³-hybridized carbons (Fsp3) is 0.412. The highest BCUT2D eigenvalue weighted by molar-refractivity contribution is 5.58. The summed E-state index contributed by atoms with van der Waals surface area (Å²) in [5, 5.41) is 0. The van der Waals surface area contributed by atoms with Crippen LogP contribution in [0.1, 0.15) is 39.6 Å². The van der Waals surface area contributed by atoms with Gasteiger partial charge < -0.3 is 9.72 Å². The lowest BCUT2D eigenvalue weighted by atomic mass is 9.88. The number of H-pyrrole nitrogens is 1. The predicted octanol–water partition coefficient (Wildman–Crippen LogP) is 3.56. The molecule has 0 aliphatic heterocycles. The summed E-state index contributed by atoms with van der Waals surface area (Å²) in [4.78, 5) is 19.4. The molecule has 0 saturated heterocycles. The Hall–Kier alpha value is -1.94. The molecular weight excluding hydrogens is 264 g/mol. The van der Waals surface area contributed by atoms with Crippen LogP contribution in [0.3, 0.4) is 0 Å².